The number of morpholine rings is 1. The van der Waals surface area contributed by atoms with Crippen molar-refractivity contribution >= 4 is 11.8 Å². The third-order valence-electron chi connectivity index (χ3n) is 4.30. The maximum atomic E-state index is 11.0. The Morgan fingerprint density at radius 2 is 2.25 bits per heavy atom. The van der Waals surface area contributed by atoms with E-state index in [1.54, 1.807) is 6.07 Å². The lowest BCUT2D eigenvalue weighted by Crippen LogP contribution is -2.53. The molecule has 1 aliphatic carbocycles. The molecule has 2 fully saturated rings. The topological polar surface area (TPSA) is 62.7 Å². The van der Waals surface area contributed by atoms with Crippen molar-refractivity contribution in [2.45, 2.75) is 44.8 Å². The van der Waals surface area contributed by atoms with Gasteiger partial charge in [-0.15, -0.1) is 0 Å². The Labute approximate surface area is 118 Å². The molecule has 5 nitrogen and oxygen atoms in total. The van der Waals surface area contributed by atoms with Crippen LogP contribution in [0.25, 0.3) is 0 Å². The molecule has 0 bridgehead atoms. The Morgan fingerprint density at radius 3 is 3.00 bits per heavy atom. The standard InChI is InChI=1S/C15H20N2O3/c1-10-8-11(15(18)19)9-16-14(10)17-6-7-20-13-5-3-2-4-12(13)17/h8-9,12-13H,2-7H2,1H3,(H,18,19). The molecule has 1 aromatic rings. The van der Waals surface area contributed by atoms with Crippen molar-refractivity contribution in [1.29, 1.82) is 0 Å². The number of hydrogen-bond acceptors (Lipinski definition) is 4. The summed E-state index contributed by atoms with van der Waals surface area (Å²) in [6.07, 6.45) is 6.47. The minimum atomic E-state index is -0.926. The predicted octanol–water partition coefficient (Wildman–Crippen LogP) is 2.24. The zero-order chi connectivity index (χ0) is 14.1. The number of nitrogens with zero attached hydrogens (tertiary/aromatic N) is 2. The maximum absolute atomic E-state index is 11.0. The molecule has 1 N–H and O–H groups in total. The highest BCUT2D eigenvalue weighted by Crippen LogP contribution is 2.32. The number of ether oxygens (including phenoxy) is 1. The number of anilines is 1. The molecular formula is C15H20N2O3. The van der Waals surface area contributed by atoms with Crippen LogP contribution in [-0.2, 0) is 4.74 Å². The quantitative estimate of drug-likeness (QED) is 0.897. The summed E-state index contributed by atoms with van der Waals surface area (Å²) in [7, 11) is 0. The molecule has 2 atom stereocenters. The van der Waals surface area contributed by atoms with Crippen LogP contribution in [0.1, 0.15) is 41.6 Å². The number of carboxylic acids is 1. The number of hydrogen-bond donors (Lipinski definition) is 1. The van der Waals surface area contributed by atoms with E-state index in [0.29, 0.717) is 12.1 Å². The van der Waals surface area contributed by atoms with Gasteiger partial charge in [0.15, 0.2) is 0 Å². The Morgan fingerprint density at radius 1 is 1.45 bits per heavy atom. The molecule has 1 saturated carbocycles. The number of aryl methyl sites for hydroxylation is 1. The predicted molar refractivity (Wildman–Crippen MR) is 75.3 cm³/mol. The van der Waals surface area contributed by atoms with Gasteiger partial charge in [0.25, 0.3) is 0 Å². The molecule has 108 valence electrons. The monoisotopic (exact) mass is 276 g/mol. The number of aromatic carboxylic acids is 1. The highest BCUT2D eigenvalue weighted by molar-refractivity contribution is 5.87. The zero-order valence-corrected chi connectivity index (χ0v) is 11.7. The van der Waals surface area contributed by atoms with Crippen molar-refractivity contribution < 1.29 is 14.6 Å². The molecule has 0 amide bonds. The normalized spacial score (nSPS) is 26.1. The van der Waals surface area contributed by atoms with Crippen LogP contribution < -0.4 is 4.90 Å². The first-order chi connectivity index (χ1) is 9.66. The average Bonchev–Trinajstić information content (AvgIpc) is 2.46. The lowest BCUT2D eigenvalue weighted by Gasteiger charge is -2.44. The fourth-order valence-corrected chi connectivity index (χ4v) is 3.34. The molecule has 1 saturated heterocycles. The van der Waals surface area contributed by atoms with E-state index in [0.717, 1.165) is 37.4 Å². The van der Waals surface area contributed by atoms with Crippen LogP contribution in [0.3, 0.4) is 0 Å². The van der Waals surface area contributed by atoms with Crippen molar-refractivity contribution in [1.82, 2.24) is 4.98 Å². The summed E-state index contributed by atoms with van der Waals surface area (Å²) < 4.78 is 5.87. The van der Waals surface area contributed by atoms with Crippen molar-refractivity contribution in [2.24, 2.45) is 0 Å². The average molecular weight is 276 g/mol. The van der Waals surface area contributed by atoms with E-state index in [1.807, 2.05) is 6.92 Å². The van der Waals surface area contributed by atoms with Crippen LogP contribution in [0.5, 0.6) is 0 Å². The van der Waals surface area contributed by atoms with Crippen molar-refractivity contribution in [3.05, 3.63) is 23.4 Å². The first-order valence-electron chi connectivity index (χ1n) is 7.25. The molecule has 20 heavy (non-hydrogen) atoms. The van der Waals surface area contributed by atoms with Gasteiger partial charge in [-0.25, -0.2) is 9.78 Å². The molecule has 2 aliphatic rings. The van der Waals surface area contributed by atoms with Gasteiger partial charge in [0.2, 0.25) is 0 Å². The number of rotatable bonds is 2. The van der Waals surface area contributed by atoms with E-state index >= 15 is 0 Å². The molecule has 0 radical (unpaired) electrons. The van der Waals surface area contributed by atoms with Crippen LogP contribution in [0.15, 0.2) is 12.3 Å². The Kier molecular flexibility index (Phi) is 3.61. The molecular weight excluding hydrogens is 256 g/mol. The second-order valence-electron chi connectivity index (χ2n) is 5.62. The van der Waals surface area contributed by atoms with E-state index in [4.69, 9.17) is 9.84 Å². The van der Waals surface area contributed by atoms with E-state index < -0.39 is 5.97 Å². The molecule has 1 aliphatic heterocycles. The number of carboxylic acid groups (broad SMARTS) is 1. The van der Waals surface area contributed by atoms with Gasteiger partial charge in [-0.05, 0) is 31.4 Å². The van der Waals surface area contributed by atoms with Gasteiger partial charge < -0.3 is 14.7 Å². The van der Waals surface area contributed by atoms with Gasteiger partial charge in [-0.1, -0.05) is 12.8 Å². The molecule has 1 aromatic heterocycles. The van der Waals surface area contributed by atoms with E-state index in [-0.39, 0.29) is 5.56 Å². The molecule has 0 spiro atoms. The van der Waals surface area contributed by atoms with Gasteiger partial charge >= 0.3 is 5.97 Å². The smallest absolute Gasteiger partial charge is 0.337 e. The third-order valence-corrected chi connectivity index (χ3v) is 4.30. The third kappa shape index (κ3) is 2.38. The van der Waals surface area contributed by atoms with Gasteiger partial charge in [0.05, 0.1) is 24.3 Å². The van der Waals surface area contributed by atoms with Crippen LogP contribution in [0.4, 0.5) is 5.82 Å². The highest BCUT2D eigenvalue weighted by atomic mass is 16.5. The number of carbonyl (C=O) groups is 1. The van der Waals surface area contributed by atoms with Crippen LogP contribution in [0.2, 0.25) is 0 Å². The second-order valence-corrected chi connectivity index (χ2v) is 5.62. The Hall–Kier alpha value is -1.62. The molecule has 0 aromatic carbocycles. The van der Waals surface area contributed by atoms with E-state index in [9.17, 15) is 4.79 Å². The van der Waals surface area contributed by atoms with E-state index in [2.05, 4.69) is 9.88 Å². The van der Waals surface area contributed by atoms with Gasteiger partial charge in [-0.3, -0.25) is 0 Å². The fourth-order valence-electron chi connectivity index (χ4n) is 3.34. The summed E-state index contributed by atoms with van der Waals surface area (Å²) in [5.74, 6) is -0.0140. The van der Waals surface area contributed by atoms with Crippen LogP contribution in [-0.4, -0.2) is 41.4 Å². The zero-order valence-electron chi connectivity index (χ0n) is 11.7. The van der Waals surface area contributed by atoms with Gasteiger partial charge in [0, 0.05) is 12.7 Å². The van der Waals surface area contributed by atoms with Crippen LogP contribution >= 0.6 is 0 Å². The summed E-state index contributed by atoms with van der Waals surface area (Å²) >= 11 is 0. The molecule has 2 unspecified atom stereocenters. The summed E-state index contributed by atoms with van der Waals surface area (Å²) in [5, 5.41) is 9.02. The molecule has 5 heteroatoms. The number of pyridine rings is 1. The van der Waals surface area contributed by atoms with E-state index in [1.165, 1.54) is 19.0 Å². The lowest BCUT2D eigenvalue weighted by atomic mass is 9.90. The highest BCUT2D eigenvalue weighted by Gasteiger charge is 2.35. The summed E-state index contributed by atoms with van der Waals surface area (Å²) in [6, 6.07) is 2.09. The Balaban J connectivity index is 1.89. The summed E-state index contributed by atoms with van der Waals surface area (Å²) in [4.78, 5) is 17.7. The second kappa shape index (κ2) is 5.40. The van der Waals surface area contributed by atoms with Crippen LogP contribution in [0, 0.1) is 6.92 Å². The maximum Gasteiger partial charge on any atom is 0.337 e. The van der Waals surface area contributed by atoms with Gasteiger partial charge in [0.1, 0.15) is 5.82 Å². The summed E-state index contributed by atoms with van der Waals surface area (Å²) in [6.45, 7) is 3.49. The van der Waals surface area contributed by atoms with Gasteiger partial charge in [-0.2, -0.15) is 0 Å². The molecule has 3 rings (SSSR count). The number of aromatic nitrogens is 1. The molecule has 2 heterocycles. The van der Waals surface area contributed by atoms with Crippen molar-refractivity contribution in [2.75, 3.05) is 18.1 Å². The fraction of sp³-hybridized carbons (Fsp3) is 0.600. The minimum absolute atomic E-state index is 0.250. The largest absolute Gasteiger partial charge is 0.478 e. The number of fused-ring (bicyclic) bond motifs is 1. The van der Waals surface area contributed by atoms with Crippen molar-refractivity contribution in [3.8, 4) is 0 Å². The minimum Gasteiger partial charge on any atom is -0.478 e. The first kappa shape index (κ1) is 13.4. The lowest BCUT2D eigenvalue weighted by molar-refractivity contribution is -0.00903. The first-order valence-corrected chi connectivity index (χ1v) is 7.25. The summed E-state index contributed by atoms with van der Waals surface area (Å²) in [5.41, 5.74) is 1.18. The Bertz CT molecular complexity index is 516. The SMILES string of the molecule is Cc1cc(C(=O)O)cnc1N1CCOC2CCCCC21. The van der Waals surface area contributed by atoms with Crippen molar-refractivity contribution in [3.63, 3.8) is 0 Å².